The van der Waals surface area contributed by atoms with Gasteiger partial charge in [-0.25, -0.2) is 0 Å². The Bertz CT molecular complexity index is 1270. The highest BCUT2D eigenvalue weighted by molar-refractivity contribution is 5.87. The molecular weight excluding hydrogens is 476 g/mol. The number of carbonyl (C=O) groups is 1. The van der Waals surface area contributed by atoms with Gasteiger partial charge in [0.1, 0.15) is 18.5 Å². The summed E-state index contributed by atoms with van der Waals surface area (Å²) in [4.78, 5) is 31.1. The van der Waals surface area contributed by atoms with E-state index in [-0.39, 0.29) is 11.9 Å². The Balaban J connectivity index is 1.28. The van der Waals surface area contributed by atoms with Crippen LogP contribution in [0.15, 0.2) is 36.9 Å². The average molecular weight is 513 g/mol. The molecule has 198 valence electrons. The summed E-state index contributed by atoms with van der Waals surface area (Å²) in [5.74, 6) is 3.57. The van der Waals surface area contributed by atoms with Crippen molar-refractivity contribution >= 4 is 11.7 Å². The second-order valence-electron chi connectivity index (χ2n) is 10.9. The molecule has 0 radical (unpaired) electrons. The molecule has 8 nitrogen and oxygen atoms in total. The fourth-order valence-corrected chi connectivity index (χ4v) is 6.56. The molecule has 4 aliphatic rings. The summed E-state index contributed by atoms with van der Waals surface area (Å²) in [7, 11) is 2.15. The third kappa shape index (κ3) is 4.55. The van der Waals surface area contributed by atoms with Crippen LogP contribution in [0.5, 0.6) is 6.01 Å². The van der Waals surface area contributed by atoms with E-state index < -0.39 is 0 Å². The van der Waals surface area contributed by atoms with E-state index in [1.54, 1.807) is 4.90 Å². The number of aromatic nitrogens is 2. The smallest absolute Gasteiger partial charge is 0.318 e. The Kier molecular flexibility index (Phi) is 6.81. The summed E-state index contributed by atoms with van der Waals surface area (Å²) in [6.07, 6.45) is 11.8. The molecule has 38 heavy (non-hydrogen) atoms. The molecule has 0 bridgehead atoms. The number of nitrogens with zero attached hydrogens (tertiary/aromatic N) is 6. The molecule has 8 heteroatoms. The molecule has 0 spiro atoms. The number of terminal acetylenes is 1. The van der Waals surface area contributed by atoms with E-state index in [9.17, 15) is 4.79 Å². The van der Waals surface area contributed by atoms with Gasteiger partial charge in [-0.15, -0.1) is 6.42 Å². The number of carbonyl (C=O) groups excluding carboxylic acids is 1. The van der Waals surface area contributed by atoms with Gasteiger partial charge in [0.2, 0.25) is 5.91 Å². The van der Waals surface area contributed by atoms with Crippen LogP contribution in [0.1, 0.15) is 47.7 Å². The first-order chi connectivity index (χ1) is 18.6. The Morgan fingerprint density at radius 2 is 2.08 bits per heavy atom. The number of anilines is 1. The summed E-state index contributed by atoms with van der Waals surface area (Å²) in [6, 6.07) is 9.66. The van der Waals surface area contributed by atoms with E-state index >= 15 is 0 Å². The monoisotopic (exact) mass is 512 g/mol. The maximum atomic E-state index is 12.4. The van der Waals surface area contributed by atoms with Crippen LogP contribution in [-0.2, 0) is 24.3 Å². The quantitative estimate of drug-likeness (QED) is 0.436. The zero-order valence-corrected chi connectivity index (χ0v) is 22.2. The van der Waals surface area contributed by atoms with Gasteiger partial charge < -0.3 is 19.4 Å². The highest BCUT2D eigenvalue weighted by Gasteiger charge is 2.37. The minimum atomic E-state index is -0.337. The molecule has 3 aliphatic heterocycles. The Morgan fingerprint density at radius 1 is 1.21 bits per heavy atom. The van der Waals surface area contributed by atoms with Gasteiger partial charge in [-0.1, -0.05) is 36.8 Å². The lowest BCUT2D eigenvalue weighted by Crippen LogP contribution is -2.54. The van der Waals surface area contributed by atoms with Crippen molar-refractivity contribution in [3.05, 3.63) is 59.3 Å². The summed E-state index contributed by atoms with van der Waals surface area (Å²) in [6.45, 7) is 8.60. The maximum Gasteiger partial charge on any atom is 0.318 e. The minimum Gasteiger partial charge on any atom is -0.462 e. The number of aryl methyl sites for hydroxylation is 1. The number of hydrogen-bond acceptors (Lipinski definition) is 7. The molecule has 6 rings (SSSR count). The summed E-state index contributed by atoms with van der Waals surface area (Å²) in [5, 5.41) is 0. The molecule has 3 atom stereocenters. The van der Waals surface area contributed by atoms with Crippen LogP contribution in [0.25, 0.3) is 0 Å². The number of amides is 1. The molecule has 4 heterocycles. The summed E-state index contributed by atoms with van der Waals surface area (Å²) in [5.41, 5.74) is 5.07. The van der Waals surface area contributed by atoms with Gasteiger partial charge >= 0.3 is 6.01 Å². The van der Waals surface area contributed by atoms with Crippen molar-refractivity contribution < 1.29 is 9.53 Å². The lowest BCUT2D eigenvalue weighted by Gasteiger charge is -2.39. The van der Waals surface area contributed by atoms with Crippen molar-refractivity contribution in [1.82, 2.24) is 24.7 Å². The molecule has 1 amide bonds. The van der Waals surface area contributed by atoms with Crippen LogP contribution in [-0.4, -0.2) is 82.5 Å². The third-order valence-corrected chi connectivity index (χ3v) is 8.71. The average Bonchev–Trinajstić information content (AvgIpc) is 3.68. The number of benzene rings is 1. The van der Waals surface area contributed by atoms with Gasteiger partial charge in [-0.3, -0.25) is 9.69 Å². The molecule has 0 saturated carbocycles. The van der Waals surface area contributed by atoms with E-state index in [1.165, 1.54) is 23.6 Å². The molecular formula is C30H36N6O2. The van der Waals surface area contributed by atoms with Crippen molar-refractivity contribution in [1.29, 1.82) is 0 Å². The van der Waals surface area contributed by atoms with Gasteiger partial charge in [0, 0.05) is 43.8 Å². The number of likely N-dealkylation sites (N-methyl/N-ethyl adjacent to an activating group) is 1. The second-order valence-corrected chi connectivity index (χ2v) is 10.9. The van der Waals surface area contributed by atoms with Crippen molar-refractivity contribution in [2.45, 2.75) is 56.9 Å². The molecule has 1 aromatic heterocycles. The van der Waals surface area contributed by atoms with Gasteiger partial charge in [-0.05, 0) is 56.5 Å². The first-order valence-corrected chi connectivity index (χ1v) is 13.7. The molecule has 1 aliphatic carbocycles. The maximum absolute atomic E-state index is 12.4. The van der Waals surface area contributed by atoms with Crippen LogP contribution in [0.3, 0.4) is 0 Å². The van der Waals surface area contributed by atoms with Crippen molar-refractivity contribution in [2.75, 3.05) is 44.7 Å². The lowest BCUT2D eigenvalue weighted by molar-refractivity contribution is -0.127. The molecule has 2 aromatic rings. The predicted molar refractivity (Wildman–Crippen MR) is 147 cm³/mol. The Morgan fingerprint density at radius 3 is 2.87 bits per heavy atom. The number of rotatable bonds is 6. The van der Waals surface area contributed by atoms with Crippen LogP contribution < -0.4 is 9.64 Å². The minimum absolute atomic E-state index is 0.128. The van der Waals surface area contributed by atoms with E-state index in [1.807, 2.05) is 0 Å². The van der Waals surface area contributed by atoms with Gasteiger partial charge in [-0.2, -0.15) is 9.97 Å². The normalized spacial score (nSPS) is 25.2. The summed E-state index contributed by atoms with van der Waals surface area (Å²) >= 11 is 0. The van der Waals surface area contributed by atoms with Crippen LogP contribution >= 0.6 is 0 Å². The largest absolute Gasteiger partial charge is 0.462 e. The van der Waals surface area contributed by atoms with E-state index in [0.29, 0.717) is 44.3 Å². The standard InChI is InChI=1S/C30H36N6O2/c1-4-22-17-34(15-16-36(22)28(37)5-2)29-25-18-35(27-13-12-21-9-6-7-11-24(21)27)19-26(25)31-30(32-29)38-20-23-10-8-14-33(23)3/h1,5-7,9,11,22-23,27H,2,8,10,12-20H2,3H3/t22?,23-,27?/m0/s1. The van der Waals surface area contributed by atoms with E-state index in [0.717, 1.165) is 56.0 Å². The van der Waals surface area contributed by atoms with Crippen LogP contribution in [0.4, 0.5) is 5.82 Å². The van der Waals surface area contributed by atoms with Crippen molar-refractivity contribution in [3.63, 3.8) is 0 Å². The number of hydrogen-bond donors (Lipinski definition) is 0. The number of fused-ring (bicyclic) bond motifs is 2. The van der Waals surface area contributed by atoms with E-state index in [2.05, 4.69) is 58.5 Å². The van der Waals surface area contributed by atoms with Crippen LogP contribution in [0, 0.1) is 12.3 Å². The Labute approximate surface area is 225 Å². The Hall–Kier alpha value is -3.41. The van der Waals surface area contributed by atoms with Crippen molar-refractivity contribution in [2.24, 2.45) is 0 Å². The predicted octanol–water partition coefficient (Wildman–Crippen LogP) is 2.79. The van der Waals surface area contributed by atoms with Crippen molar-refractivity contribution in [3.8, 4) is 18.4 Å². The first-order valence-electron chi connectivity index (χ1n) is 13.7. The SMILES string of the molecule is C#CC1CN(c2nc(OC[C@@H]3CCCN3C)nc3c2CN(C2CCc4ccccc42)C3)CCN1C(=O)C=C. The van der Waals surface area contributed by atoms with Gasteiger partial charge in [0.15, 0.2) is 0 Å². The van der Waals surface area contributed by atoms with Gasteiger partial charge in [0.05, 0.1) is 12.2 Å². The number of ether oxygens (including phenoxy) is 1. The van der Waals surface area contributed by atoms with Gasteiger partial charge in [0.25, 0.3) is 0 Å². The molecule has 2 fully saturated rings. The molecule has 0 N–H and O–H groups in total. The number of likely N-dealkylation sites (tertiary alicyclic amines) is 1. The zero-order valence-electron chi connectivity index (χ0n) is 22.2. The summed E-state index contributed by atoms with van der Waals surface area (Å²) < 4.78 is 6.24. The fourth-order valence-electron chi connectivity index (χ4n) is 6.56. The van der Waals surface area contributed by atoms with E-state index in [4.69, 9.17) is 21.1 Å². The first kappa shape index (κ1) is 24.9. The highest BCUT2D eigenvalue weighted by atomic mass is 16.5. The lowest BCUT2D eigenvalue weighted by atomic mass is 10.1. The van der Waals surface area contributed by atoms with Crippen LogP contribution in [0.2, 0.25) is 0 Å². The topological polar surface area (TPSA) is 65.0 Å². The molecule has 2 saturated heterocycles. The zero-order chi connectivity index (χ0) is 26.2. The fraction of sp³-hybridized carbons (Fsp3) is 0.500. The number of piperazine rings is 1. The highest BCUT2D eigenvalue weighted by Crippen LogP contribution is 2.42. The molecule has 2 unspecified atom stereocenters. The second kappa shape index (κ2) is 10.4. The molecule has 1 aromatic carbocycles. The third-order valence-electron chi connectivity index (χ3n) is 8.71.